The molecule has 3 aromatic rings. The van der Waals surface area contributed by atoms with Crippen LogP contribution in [0.25, 0.3) is 0 Å². The zero-order chi connectivity index (χ0) is 27.0. The van der Waals surface area contributed by atoms with Crippen LogP contribution in [0, 0.1) is 11.3 Å². The third-order valence-electron chi connectivity index (χ3n) is 6.88. The quantitative estimate of drug-likeness (QED) is 0.359. The van der Waals surface area contributed by atoms with Gasteiger partial charge in [0.2, 0.25) is 11.8 Å². The molecule has 0 bridgehead atoms. The van der Waals surface area contributed by atoms with Crippen LogP contribution in [-0.4, -0.2) is 68.3 Å². The molecule has 0 unspecified atom stereocenters. The number of hydrogen-bond acceptors (Lipinski definition) is 8. The number of halogens is 1. The number of piperidine rings is 1. The number of carbonyl (C=O) groups is 1. The lowest BCUT2D eigenvalue weighted by Gasteiger charge is -2.31. The van der Waals surface area contributed by atoms with Gasteiger partial charge < -0.3 is 19.8 Å². The van der Waals surface area contributed by atoms with Gasteiger partial charge in [-0.2, -0.15) is 10.2 Å². The Balaban J connectivity index is 1.09. The number of hydrogen-bond donors (Lipinski definition) is 2. The van der Waals surface area contributed by atoms with Crippen molar-refractivity contribution < 1.29 is 14.0 Å². The maximum Gasteiger partial charge on any atom is 0.238 e. The smallest absolute Gasteiger partial charge is 0.238 e. The Morgan fingerprint density at radius 1 is 1.18 bits per heavy atom. The van der Waals surface area contributed by atoms with E-state index < -0.39 is 9.04 Å². The van der Waals surface area contributed by atoms with Gasteiger partial charge in [-0.3, -0.25) is 9.69 Å². The molecule has 0 aliphatic carbocycles. The van der Waals surface area contributed by atoms with Gasteiger partial charge in [0.25, 0.3) is 0 Å². The van der Waals surface area contributed by atoms with Crippen molar-refractivity contribution in [2.75, 3.05) is 43.0 Å². The molecule has 202 valence electrons. The highest BCUT2D eigenvalue weighted by molar-refractivity contribution is 6.55. The van der Waals surface area contributed by atoms with E-state index in [2.05, 4.69) is 31.6 Å². The second-order valence-electron chi connectivity index (χ2n) is 9.79. The number of nitrogens with one attached hydrogen (secondary N) is 2. The molecule has 1 atom stereocenters. The Labute approximate surface area is 234 Å². The third-order valence-corrected chi connectivity index (χ3v) is 9.38. The predicted molar refractivity (Wildman–Crippen MR) is 153 cm³/mol. The van der Waals surface area contributed by atoms with Crippen molar-refractivity contribution in [3.8, 4) is 11.9 Å². The molecular weight excluding hydrogens is 532 g/mol. The minimum atomic E-state index is -1.15. The van der Waals surface area contributed by atoms with Crippen LogP contribution >= 0.6 is 11.6 Å². The van der Waals surface area contributed by atoms with Crippen LogP contribution < -0.4 is 15.4 Å². The molecule has 2 N–H and O–H groups in total. The van der Waals surface area contributed by atoms with E-state index in [0.29, 0.717) is 34.4 Å². The molecule has 3 heterocycles. The van der Waals surface area contributed by atoms with Gasteiger partial charge in [-0.25, -0.2) is 4.98 Å². The number of carbonyl (C=O) groups excluding carboxylic acids is 1. The number of benzene rings is 2. The Morgan fingerprint density at radius 2 is 1.97 bits per heavy atom. The molecule has 9 nitrogen and oxygen atoms in total. The molecule has 2 aliphatic heterocycles. The van der Waals surface area contributed by atoms with Gasteiger partial charge in [0.15, 0.2) is 9.04 Å². The third kappa shape index (κ3) is 7.77. The summed E-state index contributed by atoms with van der Waals surface area (Å²) in [5, 5.41) is 16.4. The monoisotopic (exact) mass is 562 g/mol. The molecule has 2 aliphatic rings. The molecule has 0 saturated carbocycles. The minimum absolute atomic E-state index is 0.0311. The van der Waals surface area contributed by atoms with E-state index in [0.717, 1.165) is 56.0 Å². The van der Waals surface area contributed by atoms with E-state index >= 15 is 0 Å². The van der Waals surface area contributed by atoms with Crippen LogP contribution in [0.1, 0.15) is 29.8 Å². The largest absolute Gasteiger partial charge is 0.474 e. The maximum absolute atomic E-state index is 12.9. The van der Waals surface area contributed by atoms with Crippen molar-refractivity contribution in [3.63, 3.8) is 0 Å². The minimum Gasteiger partial charge on any atom is -0.474 e. The molecule has 11 heteroatoms. The first-order valence-corrected chi connectivity index (χ1v) is 15.7. The van der Waals surface area contributed by atoms with Gasteiger partial charge in [-0.15, -0.1) is 0 Å². The Kier molecular flexibility index (Phi) is 9.06. The average Bonchev–Trinajstić information content (AvgIpc) is 2.91. The molecule has 1 amide bonds. The van der Waals surface area contributed by atoms with E-state index in [1.54, 1.807) is 24.4 Å². The molecular formula is C28H31ClN6O3Si. The second kappa shape index (κ2) is 13.0. The van der Waals surface area contributed by atoms with Crippen molar-refractivity contribution in [2.24, 2.45) is 0 Å². The Bertz CT molecular complexity index is 1320. The van der Waals surface area contributed by atoms with Gasteiger partial charge >= 0.3 is 0 Å². The maximum atomic E-state index is 12.9. The highest BCUT2D eigenvalue weighted by Gasteiger charge is 2.24. The first kappa shape index (κ1) is 27.1. The van der Waals surface area contributed by atoms with E-state index in [4.69, 9.17) is 20.8 Å². The van der Waals surface area contributed by atoms with Gasteiger partial charge in [0.05, 0.1) is 29.6 Å². The summed E-state index contributed by atoms with van der Waals surface area (Å²) in [6.07, 6.45) is 4.76. The molecule has 2 saturated heterocycles. The van der Waals surface area contributed by atoms with Crippen molar-refractivity contribution in [3.05, 3.63) is 76.7 Å². The fourth-order valence-electron chi connectivity index (χ4n) is 4.61. The molecule has 0 radical (unpaired) electrons. The first-order chi connectivity index (χ1) is 19.0. The summed E-state index contributed by atoms with van der Waals surface area (Å²) in [6, 6.07) is 18.1. The van der Waals surface area contributed by atoms with Crippen molar-refractivity contribution >= 4 is 37.9 Å². The standard InChI is InChI=1S/C28H31ClN6O3Si/c29-22-4-1-20(2-5-22)16-26-31-10-7-28(34-26)38-23-8-11-35(12-9-23)18-27(36)33-25-15-21(17-30)3-6-24(25)32-19-39-14-13-37-39/h1-7,10,15,23,32,39H,8-9,11-14,16,18-19H2,(H,33,36)/t39-/m0/s1. The summed E-state index contributed by atoms with van der Waals surface area (Å²) >= 11 is 5.97. The SMILES string of the molecule is N#Cc1ccc(NC[Si@@H]2CCO2)c(NC(=O)CN2CCC(Oc3ccnc(Cc4ccc(Cl)cc4)n3)CC2)c1. The number of amides is 1. The van der Waals surface area contributed by atoms with Crippen LogP contribution in [0.2, 0.25) is 11.1 Å². The number of rotatable bonds is 10. The van der Waals surface area contributed by atoms with Gasteiger partial charge in [-0.1, -0.05) is 23.7 Å². The summed E-state index contributed by atoms with van der Waals surface area (Å²) in [5.41, 5.74) is 3.04. The Morgan fingerprint density at radius 3 is 2.69 bits per heavy atom. The normalized spacial score (nSPS) is 17.6. The highest BCUT2D eigenvalue weighted by Crippen LogP contribution is 2.24. The lowest BCUT2D eigenvalue weighted by Crippen LogP contribution is -2.42. The molecule has 0 spiro atoms. The van der Waals surface area contributed by atoms with Crippen LogP contribution in [0.3, 0.4) is 0 Å². The number of likely N-dealkylation sites (tertiary alicyclic amines) is 1. The summed E-state index contributed by atoms with van der Waals surface area (Å²) in [6.45, 7) is 2.62. The van der Waals surface area contributed by atoms with E-state index in [9.17, 15) is 10.1 Å². The number of nitriles is 1. The van der Waals surface area contributed by atoms with Crippen LogP contribution in [0.4, 0.5) is 11.4 Å². The molecule has 2 aromatic carbocycles. The lowest BCUT2D eigenvalue weighted by molar-refractivity contribution is -0.117. The predicted octanol–water partition coefficient (Wildman–Crippen LogP) is 3.78. The fourth-order valence-corrected chi connectivity index (χ4v) is 6.07. The van der Waals surface area contributed by atoms with Crippen molar-refractivity contribution in [2.45, 2.75) is 31.4 Å². The average molecular weight is 563 g/mol. The number of anilines is 2. The summed E-state index contributed by atoms with van der Waals surface area (Å²) in [7, 11) is -1.15. The van der Waals surface area contributed by atoms with Gasteiger partial charge in [0, 0.05) is 49.6 Å². The zero-order valence-corrected chi connectivity index (χ0v) is 23.5. The molecule has 1 aromatic heterocycles. The van der Waals surface area contributed by atoms with E-state index in [-0.39, 0.29) is 18.6 Å². The summed E-state index contributed by atoms with van der Waals surface area (Å²) in [4.78, 5) is 24.0. The summed E-state index contributed by atoms with van der Waals surface area (Å²) < 4.78 is 11.8. The van der Waals surface area contributed by atoms with E-state index in [1.807, 2.05) is 30.3 Å². The van der Waals surface area contributed by atoms with Gasteiger partial charge in [0.1, 0.15) is 11.9 Å². The zero-order valence-electron chi connectivity index (χ0n) is 21.6. The Hall–Kier alpha value is -3.49. The van der Waals surface area contributed by atoms with Crippen LogP contribution in [0.15, 0.2) is 54.7 Å². The van der Waals surface area contributed by atoms with E-state index in [1.165, 1.54) is 0 Å². The highest BCUT2D eigenvalue weighted by atomic mass is 35.5. The van der Waals surface area contributed by atoms with Crippen molar-refractivity contribution in [1.82, 2.24) is 14.9 Å². The lowest BCUT2D eigenvalue weighted by atomic mass is 10.1. The van der Waals surface area contributed by atoms with Crippen LogP contribution in [0.5, 0.6) is 5.88 Å². The van der Waals surface area contributed by atoms with Crippen molar-refractivity contribution in [1.29, 1.82) is 5.26 Å². The summed E-state index contributed by atoms with van der Waals surface area (Å²) in [5.74, 6) is 1.16. The topological polar surface area (TPSA) is 112 Å². The number of nitrogens with zero attached hydrogens (tertiary/aromatic N) is 4. The molecule has 39 heavy (non-hydrogen) atoms. The fraction of sp³-hybridized carbons (Fsp3) is 0.357. The molecule has 5 rings (SSSR count). The molecule has 2 fully saturated rings. The first-order valence-electron chi connectivity index (χ1n) is 13.2. The number of aromatic nitrogens is 2. The number of ether oxygens (including phenoxy) is 1. The second-order valence-corrected chi connectivity index (χ2v) is 12.8. The van der Waals surface area contributed by atoms with Gasteiger partial charge in [-0.05, 0) is 54.8 Å². The van der Waals surface area contributed by atoms with Crippen LogP contribution in [-0.2, 0) is 15.6 Å².